The second-order valence-corrected chi connectivity index (χ2v) is 3.83. The number of nitrogens with one attached hydrogen (secondary N) is 1. The van der Waals surface area contributed by atoms with Crippen LogP contribution in [0.1, 0.15) is 25.5 Å². The first-order valence-electron chi connectivity index (χ1n) is 6.17. The average molecular weight is 238 g/mol. The third kappa shape index (κ3) is 6.24. The van der Waals surface area contributed by atoms with Crippen LogP contribution in [0.2, 0.25) is 0 Å². The van der Waals surface area contributed by atoms with Gasteiger partial charge in [0.2, 0.25) is 0 Å². The first-order chi connectivity index (χ1) is 8.36. The Hall–Kier alpha value is -1.13. The third-order valence-corrected chi connectivity index (χ3v) is 2.28. The summed E-state index contributed by atoms with van der Waals surface area (Å²) in [5, 5.41) is 3.06. The summed E-state index contributed by atoms with van der Waals surface area (Å²) in [5.74, 6) is 0.851. The summed E-state index contributed by atoms with van der Waals surface area (Å²) in [6.45, 7) is 4.96. The zero-order chi connectivity index (χ0) is 12.3. The monoisotopic (exact) mass is 238 g/mol. The molecule has 4 heteroatoms. The van der Waals surface area contributed by atoms with E-state index < -0.39 is 0 Å². The van der Waals surface area contributed by atoms with E-state index in [9.17, 15) is 0 Å². The molecule has 0 atom stereocenters. The molecule has 0 aliphatic carbocycles. The fourth-order valence-corrected chi connectivity index (χ4v) is 1.39. The van der Waals surface area contributed by atoms with Gasteiger partial charge in [-0.3, -0.25) is 4.98 Å². The van der Waals surface area contributed by atoms with E-state index in [0.717, 1.165) is 31.0 Å². The van der Waals surface area contributed by atoms with Gasteiger partial charge >= 0.3 is 0 Å². The van der Waals surface area contributed by atoms with E-state index in [1.807, 2.05) is 19.2 Å². The molecule has 0 fully saturated rings. The third-order valence-electron chi connectivity index (χ3n) is 2.28. The summed E-state index contributed by atoms with van der Waals surface area (Å²) in [7, 11) is 1.90. The summed E-state index contributed by atoms with van der Waals surface area (Å²) in [6, 6.07) is 3.81. The Morgan fingerprint density at radius 3 is 2.94 bits per heavy atom. The lowest BCUT2D eigenvalue weighted by Gasteiger charge is -2.08. The molecule has 0 spiro atoms. The van der Waals surface area contributed by atoms with Crippen molar-refractivity contribution in [2.45, 2.75) is 26.3 Å². The maximum Gasteiger partial charge on any atom is 0.122 e. The number of ether oxygens (including phenoxy) is 2. The van der Waals surface area contributed by atoms with Crippen molar-refractivity contribution >= 4 is 0 Å². The fourth-order valence-electron chi connectivity index (χ4n) is 1.39. The lowest BCUT2D eigenvalue weighted by molar-refractivity contribution is 0.0980. The van der Waals surface area contributed by atoms with Gasteiger partial charge in [-0.15, -0.1) is 0 Å². The topological polar surface area (TPSA) is 43.4 Å². The number of pyridine rings is 1. The Kier molecular flexibility index (Phi) is 7.34. The van der Waals surface area contributed by atoms with Crippen molar-refractivity contribution in [1.29, 1.82) is 0 Å². The minimum absolute atomic E-state index is 0.590. The van der Waals surface area contributed by atoms with E-state index in [1.54, 1.807) is 6.20 Å². The van der Waals surface area contributed by atoms with Crippen LogP contribution in [-0.2, 0) is 11.3 Å². The summed E-state index contributed by atoms with van der Waals surface area (Å²) >= 11 is 0. The fraction of sp³-hybridized carbons (Fsp3) is 0.615. The van der Waals surface area contributed by atoms with Gasteiger partial charge in [-0.2, -0.15) is 0 Å². The summed E-state index contributed by atoms with van der Waals surface area (Å²) in [6.07, 6.45) is 4.04. The van der Waals surface area contributed by atoms with Crippen molar-refractivity contribution in [2.75, 3.05) is 26.9 Å². The second kappa shape index (κ2) is 8.96. The minimum atomic E-state index is 0.590. The molecule has 0 radical (unpaired) electrons. The van der Waals surface area contributed by atoms with Gasteiger partial charge in [0.15, 0.2) is 0 Å². The van der Waals surface area contributed by atoms with Crippen LogP contribution < -0.4 is 10.1 Å². The van der Waals surface area contributed by atoms with Crippen molar-refractivity contribution in [2.24, 2.45) is 0 Å². The van der Waals surface area contributed by atoms with Crippen LogP contribution in [0.15, 0.2) is 18.3 Å². The molecule has 0 amide bonds. The molecule has 1 rings (SSSR count). The molecule has 17 heavy (non-hydrogen) atoms. The molecule has 0 bridgehead atoms. The predicted molar refractivity (Wildman–Crippen MR) is 68.2 cm³/mol. The predicted octanol–water partition coefficient (Wildman–Crippen LogP) is 2.00. The van der Waals surface area contributed by atoms with Crippen LogP contribution >= 0.6 is 0 Å². The molecule has 1 aromatic rings. The minimum Gasteiger partial charge on any atom is -0.491 e. The van der Waals surface area contributed by atoms with Crippen molar-refractivity contribution < 1.29 is 9.47 Å². The molecule has 0 unspecified atom stereocenters. The van der Waals surface area contributed by atoms with E-state index in [2.05, 4.69) is 17.2 Å². The van der Waals surface area contributed by atoms with Gasteiger partial charge in [-0.25, -0.2) is 0 Å². The van der Waals surface area contributed by atoms with E-state index in [0.29, 0.717) is 13.2 Å². The van der Waals surface area contributed by atoms with Crippen LogP contribution in [0.25, 0.3) is 0 Å². The first-order valence-corrected chi connectivity index (χ1v) is 6.17. The van der Waals surface area contributed by atoms with Gasteiger partial charge in [-0.1, -0.05) is 13.3 Å². The zero-order valence-electron chi connectivity index (χ0n) is 10.7. The molecule has 0 saturated carbocycles. The molecule has 1 aromatic heterocycles. The quantitative estimate of drug-likeness (QED) is 0.668. The maximum absolute atomic E-state index is 5.58. The number of aromatic nitrogens is 1. The normalized spacial score (nSPS) is 10.5. The second-order valence-electron chi connectivity index (χ2n) is 3.83. The molecule has 0 aliphatic heterocycles. The van der Waals surface area contributed by atoms with Crippen molar-refractivity contribution in [1.82, 2.24) is 10.3 Å². The van der Waals surface area contributed by atoms with Gasteiger partial charge in [-0.05, 0) is 19.5 Å². The maximum atomic E-state index is 5.58. The standard InChI is InChI=1S/C13H22N2O2/c1-3-4-7-16-8-9-17-13-5-6-15-12(10-13)11-14-2/h5-6,10,14H,3-4,7-9,11H2,1-2H3. The number of hydrogen-bond donors (Lipinski definition) is 1. The highest BCUT2D eigenvalue weighted by atomic mass is 16.5. The van der Waals surface area contributed by atoms with Crippen LogP contribution in [0.5, 0.6) is 5.75 Å². The molecule has 1 N–H and O–H groups in total. The molecule has 0 saturated heterocycles. The largest absolute Gasteiger partial charge is 0.491 e. The molecule has 96 valence electrons. The highest BCUT2D eigenvalue weighted by Gasteiger charge is 1.97. The van der Waals surface area contributed by atoms with Crippen LogP contribution in [0.3, 0.4) is 0 Å². The first kappa shape index (κ1) is 13.9. The highest BCUT2D eigenvalue weighted by molar-refractivity contribution is 5.22. The Bertz CT molecular complexity index is 305. The van der Waals surface area contributed by atoms with Crippen molar-refractivity contribution in [3.63, 3.8) is 0 Å². The molecular weight excluding hydrogens is 216 g/mol. The summed E-state index contributed by atoms with van der Waals surface area (Å²) < 4.78 is 11.0. The Balaban J connectivity index is 2.19. The van der Waals surface area contributed by atoms with Crippen LogP contribution in [0, 0.1) is 0 Å². The van der Waals surface area contributed by atoms with E-state index in [1.165, 1.54) is 6.42 Å². The van der Waals surface area contributed by atoms with Gasteiger partial charge in [0.1, 0.15) is 12.4 Å². The van der Waals surface area contributed by atoms with E-state index in [-0.39, 0.29) is 0 Å². The Morgan fingerprint density at radius 1 is 1.29 bits per heavy atom. The van der Waals surface area contributed by atoms with Gasteiger partial charge < -0.3 is 14.8 Å². The summed E-state index contributed by atoms with van der Waals surface area (Å²) in [4.78, 5) is 4.22. The number of hydrogen-bond acceptors (Lipinski definition) is 4. The smallest absolute Gasteiger partial charge is 0.122 e. The van der Waals surface area contributed by atoms with Gasteiger partial charge in [0, 0.05) is 25.4 Å². The lowest BCUT2D eigenvalue weighted by atomic mass is 10.3. The van der Waals surface area contributed by atoms with Crippen molar-refractivity contribution in [3.05, 3.63) is 24.0 Å². The lowest BCUT2D eigenvalue weighted by Crippen LogP contribution is -2.09. The molecular formula is C13H22N2O2. The molecule has 1 heterocycles. The summed E-state index contributed by atoms with van der Waals surface area (Å²) in [5.41, 5.74) is 0.983. The number of unbranched alkanes of at least 4 members (excludes halogenated alkanes) is 1. The zero-order valence-corrected chi connectivity index (χ0v) is 10.7. The number of nitrogens with zero attached hydrogens (tertiary/aromatic N) is 1. The molecule has 0 aromatic carbocycles. The Labute approximate surface area is 103 Å². The highest BCUT2D eigenvalue weighted by Crippen LogP contribution is 2.10. The Morgan fingerprint density at radius 2 is 2.18 bits per heavy atom. The van der Waals surface area contributed by atoms with Crippen molar-refractivity contribution in [3.8, 4) is 5.75 Å². The SMILES string of the molecule is CCCCOCCOc1ccnc(CNC)c1. The average Bonchev–Trinajstić information content (AvgIpc) is 2.35. The van der Waals surface area contributed by atoms with Crippen LogP contribution in [-0.4, -0.2) is 31.9 Å². The molecule has 0 aliphatic rings. The van der Waals surface area contributed by atoms with Gasteiger partial charge in [0.25, 0.3) is 0 Å². The van der Waals surface area contributed by atoms with E-state index in [4.69, 9.17) is 9.47 Å². The van der Waals surface area contributed by atoms with Crippen LogP contribution in [0.4, 0.5) is 0 Å². The van der Waals surface area contributed by atoms with E-state index >= 15 is 0 Å². The molecule has 4 nitrogen and oxygen atoms in total. The number of rotatable bonds is 9. The van der Waals surface area contributed by atoms with Gasteiger partial charge in [0.05, 0.1) is 12.3 Å².